The van der Waals surface area contributed by atoms with Crippen molar-refractivity contribution in [1.29, 1.82) is 0 Å². The van der Waals surface area contributed by atoms with Gasteiger partial charge in [-0.3, -0.25) is 0 Å². The van der Waals surface area contributed by atoms with E-state index in [1.54, 1.807) is 18.9 Å². The summed E-state index contributed by atoms with van der Waals surface area (Å²) in [7, 11) is 1.68. The van der Waals surface area contributed by atoms with E-state index in [1.807, 2.05) is 18.2 Å². The van der Waals surface area contributed by atoms with E-state index in [0.29, 0.717) is 5.92 Å². The highest BCUT2D eigenvalue weighted by Crippen LogP contribution is 2.24. The SMILES string of the molecule is CCNCC(C)CSc1nc2ccc(OC)cc2[nH]1. The third-order valence-corrected chi connectivity index (χ3v) is 4.12. The zero-order valence-electron chi connectivity index (χ0n) is 11.7. The molecule has 5 heteroatoms. The van der Waals surface area contributed by atoms with Crippen LogP contribution in [-0.4, -0.2) is 35.9 Å². The molecule has 0 spiro atoms. The van der Waals surface area contributed by atoms with Gasteiger partial charge in [-0.05, 0) is 31.1 Å². The highest BCUT2D eigenvalue weighted by Gasteiger charge is 2.07. The summed E-state index contributed by atoms with van der Waals surface area (Å²) in [5, 5.41) is 4.34. The van der Waals surface area contributed by atoms with Crippen molar-refractivity contribution in [1.82, 2.24) is 15.3 Å². The van der Waals surface area contributed by atoms with Crippen LogP contribution >= 0.6 is 11.8 Å². The van der Waals surface area contributed by atoms with Crippen molar-refractivity contribution >= 4 is 22.8 Å². The van der Waals surface area contributed by atoms with Gasteiger partial charge in [-0.25, -0.2) is 4.98 Å². The molecule has 0 radical (unpaired) electrons. The lowest BCUT2D eigenvalue weighted by Gasteiger charge is -2.09. The summed E-state index contributed by atoms with van der Waals surface area (Å²) in [5.41, 5.74) is 2.02. The van der Waals surface area contributed by atoms with Crippen LogP contribution in [0.5, 0.6) is 5.75 Å². The van der Waals surface area contributed by atoms with Crippen molar-refractivity contribution in [3.05, 3.63) is 18.2 Å². The minimum Gasteiger partial charge on any atom is -0.497 e. The number of aromatic nitrogens is 2. The van der Waals surface area contributed by atoms with E-state index in [1.165, 1.54) is 0 Å². The minimum absolute atomic E-state index is 0.632. The topological polar surface area (TPSA) is 49.9 Å². The number of fused-ring (bicyclic) bond motifs is 1. The number of thioether (sulfide) groups is 1. The monoisotopic (exact) mass is 279 g/mol. The Hall–Kier alpha value is -1.20. The molecule has 1 heterocycles. The summed E-state index contributed by atoms with van der Waals surface area (Å²) < 4.78 is 5.21. The Balaban J connectivity index is 1.97. The van der Waals surface area contributed by atoms with Gasteiger partial charge in [-0.2, -0.15) is 0 Å². The zero-order chi connectivity index (χ0) is 13.7. The van der Waals surface area contributed by atoms with E-state index in [2.05, 4.69) is 29.1 Å². The van der Waals surface area contributed by atoms with E-state index in [4.69, 9.17) is 4.74 Å². The fraction of sp³-hybridized carbons (Fsp3) is 0.500. The number of benzene rings is 1. The molecule has 0 fully saturated rings. The molecule has 1 atom stereocenters. The Morgan fingerprint density at radius 3 is 3.05 bits per heavy atom. The first-order valence-corrected chi connectivity index (χ1v) is 7.58. The number of ether oxygens (including phenoxy) is 1. The molecule has 1 aromatic carbocycles. The van der Waals surface area contributed by atoms with Gasteiger partial charge in [0.25, 0.3) is 0 Å². The van der Waals surface area contributed by atoms with Crippen LogP contribution in [0.1, 0.15) is 13.8 Å². The van der Waals surface area contributed by atoms with E-state index in [9.17, 15) is 0 Å². The fourth-order valence-corrected chi connectivity index (χ4v) is 2.74. The van der Waals surface area contributed by atoms with Crippen LogP contribution in [0.25, 0.3) is 11.0 Å². The number of rotatable bonds is 7. The third-order valence-electron chi connectivity index (χ3n) is 2.91. The lowest BCUT2D eigenvalue weighted by Crippen LogP contribution is -2.21. The Morgan fingerprint density at radius 2 is 2.32 bits per heavy atom. The summed E-state index contributed by atoms with van der Waals surface area (Å²) in [5.74, 6) is 2.55. The lowest BCUT2D eigenvalue weighted by molar-refractivity contribution is 0.415. The minimum atomic E-state index is 0.632. The van der Waals surface area contributed by atoms with Crippen LogP contribution < -0.4 is 10.1 Å². The second kappa shape index (κ2) is 6.82. The molecule has 2 N–H and O–H groups in total. The number of hydrogen-bond acceptors (Lipinski definition) is 4. The smallest absolute Gasteiger partial charge is 0.166 e. The second-order valence-corrected chi connectivity index (χ2v) is 5.66. The average molecular weight is 279 g/mol. The second-order valence-electron chi connectivity index (χ2n) is 4.65. The first-order chi connectivity index (χ1) is 9.22. The molecule has 1 unspecified atom stereocenters. The van der Waals surface area contributed by atoms with Gasteiger partial charge in [0.15, 0.2) is 5.16 Å². The molecular weight excluding hydrogens is 258 g/mol. The largest absolute Gasteiger partial charge is 0.497 e. The molecule has 0 saturated heterocycles. The first-order valence-electron chi connectivity index (χ1n) is 6.60. The lowest BCUT2D eigenvalue weighted by atomic mass is 10.2. The van der Waals surface area contributed by atoms with Crippen LogP contribution in [0.3, 0.4) is 0 Å². The van der Waals surface area contributed by atoms with Gasteiger partial charge in [0, 0.05) is 11.8 Å². The highest BCUT2D eigenvalue weighted by molar-refractivity contribution is 7.99. The molecule has 1 aromatic heterocycles. The fourth-order valence-electron chi connectivity index (χ4n) is 1.83. The Labute approximate surface area is 118 Å². The summed E-state index contributed by atoms with van der Waals surface area (Å²) in [6, 6.07) is 5.90. The van der Waals surface area contributed by atoms with Crippen molar-refractivity contribution in [2.24, 2.45) is 5.92 Å². The quantitative estimate of drug-likeness (QED) is 0.765. The summed E-state index contributed by atoms with van der Waals surface area (Å²) >= 11 is 1.77. The third kappa shape index (κ3) is 3.88. The van der Waals surface area contributed by atoms with Crippen LogP contribution in [0, 0.1) is 5.92 Å². The van der Waals surface area contributed by atoms with Crippen molar-refractivity contribution in [2.75, 3.05) is 26.0 Å². The van der Waals surface area contributed by atoms with Gasteiger partial charge in [-0.15, -0.1) is 0 Å². The number of hydrogen-bond donors (Lipinski definition) is 2. The highest BCUT2D eigenvalue weighted by atomic mass is 32.2. The van der Waals surface area contributed by atoms with E-state index in [-0.39, 0.29) is 0 Å². The van der Waals surface area contributed by atoms with Crippen molar-refractivity contribution in [3.8, 4) is 5.75 Å². The Bertz CT molecular complexity index is 526. The predicted molar refractivity (Wildman–Crippen MR) is 81.1 cm³/mol. The standard InChI is InChI=1S/C14H21N3OS/c1-4-15-8-10(2)9-19-14-16-12-6-5-11(18-3)7-13(12)17-14/h5-7,10,15H,4,8-9H2,1-3H3,(H,16,17). The van der Waals surface area contributed by atoms with E-state index < -0.39 is 0 Å². The number of imidazole rings is 1. The molecule has 0 saturated carbocycles. The van der Waals surface area contributed by atoms with Gasteiger partial charge in [0.05, 0.1) is 18.1 Å². The van der Waals surface area contributed by atoms with Gasteiger partial charge in [-0.1, -0.05) is 25.6 Å². The molecule has 0 aliphatic carbocycles. The average Bonchev–Trinajstić information content (AvgIpc) is 2.84. The maximum atomic E-state index is 5.21. The van der Waals surface area contributed by atoms with Crippen molar-refractivity contribution in [3.63, 3.8) is 0 Å². The van der Waals surface area contributed by atoms with Crippen LogP contribution in [0.15, 0.2) is 23.4 Å². The molecule has 0 aliphatic heterocycles. The summed E-state index contributed by atoms with van der Waals surface area (Å²) in [6.07, 6.45) is 0. The zero-order valence-corrected chi connectivity index (χ0v) is 12.5. The normalized spacial score (nSPS) is 12.8. The molecule has 0 aliphatic rings. The van der Waals surface area contributed by atoms with Gasteiger partial charge in [0.2, 0.25) is 0 Å². The molecule has 0 bridgehead atoms. The maximum absolute atomic E-state index is 5.21. The number of methoxy groups -OCH3 is 1. The number of nitrogens with zero attached hydrogens (tertiary/aromatic N) is 1. The molecule has 104 valence electrons. The van der Waals surface area contributed by atoms with E-state index in [0.717, 1.165) is 40.8 Å². The van der Waals surface area contributed by atoms with Crippen LogP contribution in [-0.2, 0) is 0 Å². The number of nitrogens with one attached hydrogen (secondary N) is 2. The number of H-pyrrole nitrogens is 1. The van der Waals surface area contributed by atoms with Crippen LogP contribution in [0.4, 0.5) is 0 Å². The Kier molecular flexibility index (Phi) is 5.10. The number of aromatic amines is 1. The van der Waals surface area contributed by atoms with Crippen molar-refractivity contribution < 1.29 is 4.74 Å². The molecular formula is C14H21N3OS. The molecule has 4 nitrogen and oxygen atoms in total. The Morgan fingerprint density at radius 1 is 1.47 bits per heavy atom. The molecule has 2 rings (SSSR count). The van der Waals surface area contributed by atoms with Crippen LogP contribution in [0.2, 0.25) is 0 Å². The summed E-state index contributed by atoms with van der Waals surface area (Å²) in [6.45, 7) is 6.46. The van der Waals surface area contributed by atoms with Crippen molar-refractivity contribution in [2.45, 2.75) is 19.0 Å². The molecule has 2 aromatic rings. The summed E-state index contributed by atoms with van der Waals surface area (Å²) in [4.78, 5) is 7.90. The first kappa shape index (κ1) is 14.2. The molecule has 19 heavy (non-hydrogen) atoms. The van der Waals surface area contributed by atoms with Gasteiger partial charge >= 0.3 is 0 Å². The van der Waals surface area contributed by atoms with E-state index >= 15 is 0 Å². The van der Waals surface area contributed by atoms with Gasteiger partial charge in [0.1, 0.15) is 5.75 Å². The maximum Gasteiger partial charge on any atom is 0.166 e. The molecule has 0 amide bonds. The predicted octanol–water partition coefficient (Wildman–Crippen LogP) is 2.91. The van der Waals surface area contributed by atoms with Gasteiger partial charge < -0.3 is 15.0 Å².